The van der Waals surface area contributed by atoms with Crippen LogP contribution in [-0.4, -0.2) is 29.0 Å². The lowest BCUT2D eigenvalue weighted by atomic mass is 10.0. The van der Waals surface area contributed by atoms with Gasteiger partial charge in [0.2, 0.25) is 5.89 Å². The van der Waals surface area contributed by atoms with Crippen LogP contribution >= 0.6 is 0 Å². The maximum absolute atomic E-state index is 14.0. The zero-order valence-corrected chi connectivity index (χ0v) is 15.9. The Morgan fingerprint density at radius 2 is 1.85 bits per heavy atom. The lowest BCUT2D eigenvalue weighted by Crippen LogP contribution is -2.29. The van der Waals surface area contributed by atoms with Crippen molar-refractivity contribution < 1.29 is 8.81 Å². The first-order chi connectivity index (χ1) is 13.1. The van der Waals surface area contributed by atoms with Crippen molar-refractivity contribution in [2.75, 3.05) is 13.1 Å². The number of aromatic nitrogens is 1. The molecule has 3 aromatic rings. The molecule has 1 aliphatic rings. The van der Waals surface area contributed by atoms with Crippen molar-refractivity contribution in [2.24, 2.45) is 0 Å². The van der Waals surface area contributed by atoms with E-state index in [0.717, 1.165) is 35.5 Å². The van der Waals surface area contributed by atoms with E-state index in [2.05, 4.69) is 11.8 Å². The van der Waals surface area contributed by atoms with Gasteiger partial charge in [-0.05, 0) is 57.0 Å². The van der Waals surface area contributed by atoms with Gasteiger partial charge in [-0.1, -0.05) is 30.3 Å². The molecule has 1 aromatic heterocycles. The van der Waals surface area contributed by atoms with E-state index in [1.165, 1.54) is 25.5 Å². The summed E-state index contributed by atoms with van der Waals surface area (Å²) in [6, 6.07) is 15.2. The lowest BCUT2D eigenvalue weighted by molar-refractivity contribution is 0.271. The second kappa shape index (κ2) is 7.65. The molecular weight excluding hydrogens is 339 g/mol. The third kappa shape index (κ3) is 3.81. The van der Waals surface area contributed by atoms with Crippen LogP contribution in [0.5, 0.6) is 0 Å². The number of nitrogens with zero attached hydrogens (tertiary/aromatic N) is 2. The molecule has 0 saturated carbocycles. The molecule has 140 valence electrons. The Morgan fingerprint density at radius 3 is 2.56 bits per heavy atom. The second-order valence-electron chi connectivity index (χ2n) is 7.36. The number of likely N-dealkylation sites (tertiary alicyclic amines) is 1. The molecule has 4 heteroatoms. The van der Waals surface area contributed by atoms with Crippen LogP contribution in [-0.2, 0) is 6.42 Å². The number of benzene rings is 2. The highest BCUT2D eigenvalue weighted by Crippen LogP contribution is 2.27. The fourth-order valence-corrected chi connectivity index (χ4v) is 3.85. The molecule has 0 spiro atoms. The van der Waals surface area contributed by atoms with Gasteiger partial charge in [0.25, 0.3) is 0 Å². The van der Waals surface area contributed by atoms with Crippen molar-refractivity contribution in [3.63, 3.8) is 0 Å². The van der Waals surface area contributed by atoms with Crippen LogP contribution in [0, 0.1) is 12.7 Å². The van der Waals surface area contributed by atoms with Crippen molar-refractivity contribution in [1.29, 1.82) is 0 Å². The zero-order chi connectivity index (χ0) is 18.8. The summed E-state index contributed by atoms with van der Waals surface area (Å²) in [4.78, 5) is 7.24. The summed E-state index contributed by atoms with van der Waals surface area (Å²) >= 11 is 0. The molecular formula is C23H25FN2O. The monoisotopic (exact) mass is 364 g/mol. The Kier molecular flexibility index (Phi) is 5.08. The van der Waals surface area contributed by atoms with Crippen LogP contribution in [0.2, 0.25) is 0 Å². The van der Waals surface area contributed by atoms with Gasteiger partial charge in [-0.3, -0.25) is 0 Å². The largest absolute Gasteiger partial charge is 0.441 e. The molecule has 3 nitrogen and oxygen atoms in total. The number of oxazole rings is 1. The maximum Gasteiger partial charge on any atom is 0.226 e. The van der Waals surface area contributed by atoms with Gasteiger partial charge >= 0.3 is 0 Å². The van der Waals surface area contributed by atoms with Crippen molar-refractivity contribution in [2.45, 2.75) is 39.2 Å². The van der Waals surface area contributed by atoms with Crippen molar-refractivity contribution in [3.05, 3.63) is 65.8 Å². The molecule has 1 saturated heterocycles. The minimum absolute atomic E-state index is 0.212. The molecule has 2 aromatic carbocycles. The highest BCUT2D eigenvalue weighted by molar-refractivity contribution is 5.67. The number of aryl methyl sites for hydroxylation is 1. The van der Waals surface area contributed by atoms with Gasteiger partial charge in [0.05, 0.1) is 5.69 Å². The van der Waals surface area contributed by atoms with E-state index in [1.807, 2.05) is 37.3 Å². The van der Waals surface area contributed by atoms with Crippen LogP contribution < -0.4 is 0 Å². The smallest absolute Gasteiger partial charge is 0.226 e. The third-order valence-corrected chi connectivity index (χ3v) is 5.54. The summed E-state index contributed by atoms with van der Waals surface area (Å²) < 4.78 is 19.9. The van der Waals surface area contributed by atoms with Crippen LogP contribution in [0.25, 0.3) is 22.6 Å². The number of hydrogen-bond donors (Lipinski definition) is 0. The quantitative estimate of drug-likeness (QED) is 0.600. The van der Waals surface area contributed by atoms with Gasteiger partial charge in [-0.25, -0.2) is 9.37 Å². The van der Waals surface area contributed by atoms with E-state index in [1.54, 1.807) is 12.1 Å². The summed E-state index contributed by atoms with van der Waals surface area (Å²) in [5, 5.41) is 0. The predicted molar refractivity (Wildman–Crippen MR) is 106 cm³/mol. The van der Waals surface area contributed by atoms with E-state index >= 15 is 0 Å². The average Bonchev–Trinajstić information content (AvgIpc) is 3.26. The first-order valence-corrected chi connectivity index (χ1v) is 9.67. The zero-order valence-electron chi connectivity index (χ0n) is 15.9. The first kappa shape index (κ1) is 17.9. The topological polar surface area (TPSA) is 29.3 Å². The minimum Gasteiger partial charge on any atom is -0.441 e. The first-order valence-electron chi connectivity index (χ1n) is 9.67. The highest BCUT2D eigenvalue weighted by atomic mass is 19.1. The van der Waals surface area contributed by atoms with Crippen LogP contribution in [0.1, 0.15) is 31.2 Å². The molecule has 2 heterocycles. The predicted octanol–water partition coefficient (Wildman–Crippen LogP) is 5.48. The van der Waals surface area contributed by atoms with Crippen molar-refractivity contribution in [3.8, 4) is 22.6 Å². The van der Waals surface area contributed by atoms with Crippen molar-refractivity contribution in [1.82, 2.24) is 9.88 Å². The fourth-order valence-electron chi connectivity index (χ4n) is 3.85. The molecule has 0 unspecified atom stereocenters. The summed E-state index contributed by atoms with van der Waals surface area (Å²) in [6.07, 6.45) is 3.49. The Labute approximate surface area is 159 Å². The molecule has 1 aliphatic heterocycles. The summed E-state index contributed by atoms with van der Waals surface area (Å²) in [5.41, 5.74) is 3.40. The summed E-state index contributed by atoms with van der Waals surface area (Å²) in [7, 11) is 0. The number of hydrogen-bond acceptors (Lipinski definition) is 3. The van der Waals surface area contributed by atoms with Gasteiger partial charge in [0.1, 0.15) is 11.6 Å². The fraction of sp³-hybridized carbons (Fsp3) is 0.348. The van der Waals surface area contributed by atoms with E-state index < -0.39 is 0 Å². The lowest BCUT2D eigenvalue weighted by Gasteiger charge is -2.20. The molecule has 4 rings (SSSR count). The van der Waals surface area contributed by atoms with E-state index in [9.17, 15) is 4.39 Å². The van der Waals surface area contributed by atoms with Crippen LogP contribution in [0.4, 0.5) is 4.39 Å². The molecule has 0 aliphatic carbocycles. The molecule has 1 atom stereocenters. The Balaban J connectivity index is 1.49. The van der Waals surface area contributed by atoms with E-state index in [-0.39, 0.29) is 5.82 Å². The molecule has 1 fully saturated rings. The SMILES string of the molecule is Cc1oc(-c2ccc(-c3ccccc3F)cc2)nc1CCN1CCC[C@H]1C. The normalized spacial score (nSPS) is 17.5. The minimum atomic E-state index is -0.212. The van der Waals surface area contributed by atoms with Gasteiger partial charge < -0.3 is 9.32 Å². The average molecular weight is 364 g/mol. The molecule has 27 heavy (non-hydrogen) atoms. The molecule has 0 bridgehead atoms. The van der Waals surface area contributed by atoms with Gasteiger partial charge in [-0.15, -0.1) is 0 Å². The van der Waals surface area contributed by atoms with Gasteiger partial charge in [0.15, 0.2) is 0 Å². The Bertz CT molecular complexity index is 916. The Morgan fingerprint density at radius 1 is 1.11 bits per heavy atom. The summed E-state index contributed by atoms with van der Waals surface area (Å²) in [5.74, 6) is 1.31. The van der Waals surface area contributed by atoms with Crippen molar-refractivity contribution >= 4 is 0 Å². The molecule has 0 N–H and O–H groups in total. The number of halogens is 1. The van der Waals surface area contributed by atoms with Gasteiger partial charge in [0, 0.05) is 30.1 Å². The third-order valence-electron chi connectivity index (χ3n) is 5.54. The van der Waals surface area contributed by atoms with Crippen LogP contribution in [0.3, 0.4) is 0 Å². The van der Waals surface area contributed by atoms with E-state index in [4.69, 9.17) is 9.40 Å². The standard InChI is InChI=1S/C23H25FN2O/c1-16-6-5-14-26(16)15-13-22-17(2)27-23(25-22)19-11-9-18(10-12-19)20-7-3-4-8-21(20)24/h3-4,7-12,16H,5-6,13-15H2,1-2H3/t16-/m1/s1. The molecule has 0 amide bonds. The highest BCUT2D eigenvalue weighted by Gasteiger charge is 2.21. The van der Waals surface area contributed by atoms with Gasteiger partial charge in [-0.2, -0.15) is 0 Å². The molecule has 0 radical (unpaired) electrons. The van der Waals surface area contributed by atoms with E-state index in [0.29, 0.717) is 17.5 Å². The Hall–Kier alpha value is -2.46. The van der Waals surface area contributed by atoms with Crippen LogP contribution in [0.15, 0.2) is 52.9 Å². The summed E-state index contributed by atoms with van der Waals surface area (Å²) in [6.45, 7) is 6.49. The maximum atomic E-state index is 14.0. The second-order valence-corrected chi connectivity index (χ2v) is 7.36. The number of rotatable bonds is 5.